The molecule has 3 fully saturated rings. The first-order chi connectivity index (χ1) is 28.3. The average molecular weight is 846 g/mol. The number of Topliss-reactive ketones (excluding diaryl/α,β-unsaturated/α-hetero) is 1. The number of methoxy groups -OCH3 is 1. The van der Waals surface area contributed by atoms with Crippen LogP contribution in [0.15, 0.2) is 41.9 Å². The molecule has 59 heavy (non-hydrogen) atoms. The summed E-state index contributed by atoms with van der Waals surface area (Å²) >= 11 is 1.64. The number of hydrogen-bond acceptors (Lipinski definition) is 9. The molecule has 8 rings (SSSR count). The van der Waals surface area contributed by atoms with Crippen LogP contribution in [-0.2, 0) is 36.8 Å². The van der Waals surface area contributed by atoms with Gasteiger partial charge in [-0.1, -0.05) is 32.4 Å². The van der Waals surface area contributed by atoms with Crippen molar-refractivity contribution in [1.29, 1.82) is 0 Å². The molecule has 1 N–H and O–H groups in total. The van der Waals surface area contributed by atoms with Crippen LogP contribution in [0.2, 0.25) is 11.6 Å². The number of pyridine rings is 1. The molecule has 6 bridgehead atoms. The standard InChI is InChI=1S/C45H57F2N5O5SSi/c1-7-51-34-16-15-26-19-30(34)32(40(51)29-13-9-17-48-39(29)25(2)56-6)21-45(3,4)24-57-44(55)33-14-10-18-52(49-33)43(54)31(20-37-50(5)35(26)22-58-37)38(36-23-59-36)41(53)27-11-8-12-28(27)42(46)47/h9,13,15-17,19,22,25,27-28,31,33,36-38,42,49H,7-8,10-12,14,18,20-21,23-24H2,1-6H3/t25-,27?,28?,31+,33-,36?,37?,38?/m0/s1. The molecule has 8 atom stereocenters. The van der Waals surface area contributed by atoms with E-state index >= 15 is 0 Å². The number of hydrogen-bond donors (Lipinski definition) is 1. The van der Waals surface area contributed by atoms with Crippen molar-refractivity contribution in [3.05, 3.63) is 58.8 Å². The lowest BCUT2D eigenvalue weighted by Crippen LogP contribution is -2.58. The quantitative estimate of drug-likeness (QED) is 0.169. The van der Waals surface area contributed by atoms with E-state index in [1.807, 2.05) is 20.0 Å². The van der Waals surface area contributed by atoms with Crippen molar-refractivity contribution in [2.75, 3.05) is 27.3 Å². The Balaban J connectivity index is 1.23. The Morgan fingerprint density at radius 1 is 1.17 bits per heavy atom. The van der Waals surface area contributed by atoms with E-state index in [0.717, 1.165) is 57.3 Å². The number of nitrogens with one attached hydrogen (secondary N) is 1. The molecule has 4 aliphatic heterocycles. The van der Waals surface area contributed by atoms with Crippen molar-refractivity contribution in [2.45, 2.75) is 115 Å². The number of amides is 1. The van der Waals surface area contributed by atoms with Crippen LogP contribution >= 0.6 is 11.8 Å². The number of esters is 1. The molecule has 10 nitrogen and oxygen atoms in total. The van der Waals surface area contributed by atoms with Gasteiger partial charge in [-0.05, 0) is 98.7 Å². The van der Waals surface area contributed by atoms with Gasteiger partial charge in [-0.25, -0.2) is 14.2 Å². The number of aromatic nitrogens is 2. The van der Waals surface area contributed by atoms with Crippen LogP contribution in [0.5, 0.6) is 0 Å². The molecule has 5 unspecified atom stereocenters. The molecule has 6 heterocycles. The Morgan fingerprint density at radius 2 is 1.97 bits per heavy atom. The number of alkyl halides is 2. The van der Waals surface area contributed by atoms with Crippen LogP contribution in [0.25, 0.3) is 27.9 Å². The topological polar surface area (TPSA) is 106 Å². The Morgan fingerprint density at radius 3 is 2.69 bits per heavy atom. The summed E-state index contributed by atoms with van der Waals surface area (Å²) in [4.78, 5) is 50.4. The van der Waals surface area contributed by atoms with Crippen LogP contribution in [0.3, 0.4) is 0 Å². The smallest absolute Gasteiger partial charge is 0.324 e. The van der Waals surface area contributed by atoms with Gasteiger partial charge in [-0.15, -0.1) is 11.8 Å². The second-order valence-electron chi connectivity index (χ2n) is 17.9. The van der Waals surface area contributed by atoms with Gasteiger partial charge in [-0.3, -0.25) is 24.4 Å². The van der Waals surface area contributed by atoms with Crippen molar-refractivity contribution in [1.82, 2.24) is 24.9 Å². The predicted molar refractivity (Wildman–Crippen MR) is 227 cm³/mol. The number of benzene rings is 1. The number of carbonyl (C=O) groups excluding carboxylic acids is 3. The van der Waals surface area contributed by atoms with Crippen molar-refractivity contribution in [3.8, 4) is 11.3 Å². The van der Waals surface area contributed by atoms with Gasteiger partial charge in [0, 0.05) is 82.6 Å². The third kappa shape index (κ3) is 8.15. The van der Waals surface area contributed by atoms with Gasteiger partial charge in [-0.2, -0.15) is 0 Å². The summed E-state index contributed by atoms with van der Waals surface area (Å²) in [5.74, 6) is -3.90. The SMILES string of the molecule is CCn1c(-c2cccnc2[C@H](C)OC)c2c3cc(ccc31)C1=CSC(C[C@H](C(C(=O)C3CCCC3C(F)F)C3C[Si]3)C(=O)N3CCC[C@H](N3)C(=O)OCC(C)(C)C2)N1C. The summed E-state index contributed by atoms with van der Waals surface area (Å²) in [6, 6.07) is 10.8. The number of carbonyl (C=O) groups is 3. The number of ether oxygens (including phenoxy) is 2. The van der Waals surface area contributed by atoms with Crippen LogP contribution in [-0.4, -0.2) is 91.8 Å². The minimum Gasteiger partial charge on any atom is -0.464 e. The number of hydrazine groups is 1. The highest BCUT2D eigenvalue weighted by Gasteiger charge is 2.52. The van der Waals surface area contributed by atoms with Gasteiger partial charge in [0.1, 0.15) is 11.8 Å². The number of nitrogens with zero attached hydrogens (tertiary/aromatic N) is 4. The predicted octanol–water partition coefficient (Wildman–Crippen LogP) is 8.15. The summed E-state index contributed by atoms with van der Waals surface area (Å²) in [6.07, 6.45) is 2.44. The van der Waals surface area contributed by atoms with Crippen molar-refractivity contribution >= 4 is 55.5 Å². The van der Waals surface area contributed by atoms with Crippen molar-refractivity contribution in [3.63, 3.8) is 0 Å². The van der Waals surface area contributed by atoms with E-state index in [-0.39, 0.29) is 35.3 Å². The molecule has 1 amide bonds. The van der Waals surface area contributed by atoms with E-state index in [4.69, 9.17) is 14.5 Å². The lowest BCUT2D eigenvalue weighted by molar-refractivity contribution is -0.157. The largest absolute Gasteiger partial charge is 0.464 e. The molecular weight excluding hydrogens is 789 g/mol. The maximum absolute atomic E-state index is 14.9. The fourth-order valence-corrected chi connectivity index (χ4v) is 12.4. The second kappa shape index (κ2) is 17.0. The van der Waals surface area contributed by atoms with E-state index in [1.54, 1.807) is 30.1 Å². The molecule has 316 valence electrons. The van der Waals surface area contributed by atoms with E-state index in [0.29, 0.717) is 61.0 Å². The summed E-state index contributed by atoms with van der Waals surface area (Å²) in [5.41, 5.74) is 9.96. The molecule has 5 aliphatic rings. The molecular formula is C45H57F2N5O5SSi. The maximum Gasteiger partial charge on any atom is 0.324 e. The van der Waals surface area contributed by atoms with E-state index in [1.165, 1.54) is 0 Å². The Labute approximate surface area is 353 Å². The zero-order valence-corrected chi connectivity index (χ0v) is 36.8. The van der Waals surface area contributed by atoms with Gasteiger partial charge in [0.05, 0.1) is 41.1 Å². The van der Waals surface area contributed by atoms with E-state index in [2.05, 4.69) is 65.3 Å². The Kier molecular flexibility index (Phi) is 12.2. The van der Waals surface area contributed by atoms with E-state index < -0.39 is 47.5 Å². The average Bonchev–Trinajstić information content (AvgIpc) is 3.68. The fraction of sp³-hybridized carbons (Fsp3) is 0.600. The molecule has 0 spiro atoms. The van der Waals surface area contributed by atoms with Gasteiger partial charge < -0.3 is 18.9 Å². The normalized spacial score (nSPS) is 28.4. The molecule has 14 heteroatoms. The first-order valence-corrected chi connectivity index (χ1v) is 23.6. The minimum atomic E-state index is -2.57. The summed E-state index contributed by atoms with van der Waals surface area (Å²) in [5, 5.41) is 4.63. The summed E-state index contributed by atoms with van der Waals surface area (Å²) in [7, 11) is 4.27. The third-order valence-corrected chi connectivity index (χ3v) is 15.8. The number of cyclic esters (lactones) is 1. The summed E-state index contributed by atoms with van der Waals surface area (Å²) in [6.45, 7) is 9.65. The number of ketones is 1. The molecule has 1 aliphatic carbocycles. The number of thioether (sulfide) groups is 1. The Hall–Kier alpha value is -3.59. The van der Waals surface area contributed by atoms with Crippen molar-refractivity contribution in [2.24, 2.45) is 29.1 Å². The Bertz CT molecular complexity index is 2120. The molecule has 1 aromatic carbocycles. The van der Waals surface area contributed by atoms with Gasteiger partial charge >= 0.3 is 5.97 Å². The number of aryl methyl sites for hydroxylation is 1. The monoisotopic (exact) mass is 845 g/mol. The van der Waals surface area contributed by atoms with Crippen LogP contribution < -0.4 is 5.43 Å². The van der Waals surface area contributed by atoms with Gasteiger partial charge in [0.15, 0.2) is 0 Å². The highest BCUT2D eigenvalue weighted by Crippen LogP contribution is 2.50. The fourth-order valence-electron chi connectivity index (χ4n) is 10.1. The zero-order chi connectivity index (χ0) is 41.7. The highest BCUT2D eigenvalue weighted by molar-refractivity contribution is 8.03. The van der Waals surface area contributed by atoms with E-state index in [9.17, 15) is 23.2 Å². The molecule has 2 aromatic heterocycles. The molecule has 1 saturated carbocycles. The molecule has 2 radical (unpaired) electrons. The maximum atomic E-state index is 14.9. The van der Waals surface area contributed by atoms with Crippen molar-refractivity contribution < 1.29 is 32.6 Å². The van der Waals surface area contributed by atoms with Crippen LogP contribution in [0, 0.1) is 29.1 Å². The lowest BCUT2D eigenvalue weighted by Gasteiger charge is -2.39. The zero-order valence-electron chi connectivity index (χ0n) is 35.0. The lowest BCUT2D eigenvalue weighted by atomic mass is 9.76. The first-order valence-electron chi connectivity index (χ1n) is 21.3. The molecule has 3 aromatic rings. The van der Waals surface area contributed by atoms with Crippen LogP contribution in [0.1, 0.15) is 89.1 Å². The number of fused-ring (bicyclic) bond motifs is 6. The van der Waals surface area contributed by atoms with Crippen LogP contribution in [0.4, 0.5) is 8.78 Å². The van der Waals surface area contributed by atoms with Gasteiger partial charge in [0.25, 0.3) is 0 Å². The number of rotatable bonds is 9. The van der Waals surface area contributed by atoms with Gasteiger partial charge in [0.2, 0.25) is 12.3 Å². The third-order valence-electron chi connectivity index (χ3n) is 13.4. The first kappa shape index (κ1) is 42.1. The molecule has 2 saturated heterocycles. The number of halogens is 2. The second-order valence-corrected chi connectivity index (χ2v) is 20.5. The summed E-state index contributed by atoms with van der Waals surface area (Å²) < 4.78 is 42.9. The minimum absolute atomic E-state index is 0.00925. The highest BCUT2D eigenvalue weighted by atomic mass is 32.2.